The van der Waals surface area contributed by atoms with Crippen LogP contribution in [0.3, 0.4) is 0 Å². The second-order valence-electron chi connectivity index (χ2n) is 4.74. The zero-order valence-corrected chi connectivity index (χ0v) is 13.2. The van der Waals surface area contributed by atoms with E-state index < -0.39 is 0 Å². The molecule has 1 atom stereocenters. The van der Waals surface area contributed by atoms with Crippen molar-refractivity contribution in [1.29, 1.82) is 0 Å². The lowest BCUT2D eigenvalue weighted by molar-refractivity contribution is 0.281. The average Bonchev–Trinajstić information content (AvgIpc) is 2.39. The predicted octanol–water partition coefficient (Wildman–Crippen LogP) is 4.35. The number of halogens is 1. The van der Waals surface area contributed by atoms with E-state index in [4.69, 9.17) is 0 Å². The van der Waals surface area contributed by atoms with E-state index in [9.17, 15) is 5.11 Å². The highest BCUT2D eigenvalue weighted by atomic mass is 79.9. The van der Waals surface area contributed by atoms with Gasteiger partial charge in [0.2, 0.25) is 0 Å². The Bertz CT molecular complexity index is 368. The molecule has 1 N–H and O–H groups in total. The van der Waals surface area contributed by atoms with Crippen LogP contribution in [-0.4, -0.2) is 17.7 Å². The number of aliphatic hydroxyl groups excluding tert-OH is 1. The highest BCUT2D eigenvalue weighted by Gasteiger charge is 2.16. The minimum atomic E-state index is 0.0989. The van der Waals surface area contributed by atoms with Crippen molar-refractivity contribution in [3.8, 4) is 0 Å². The van der Waals surface area contributed by atoms with Crippen LogP contribution in [-0.2, 0) is 6.61 Å². The third kappa shape index (κ3) is 3.99. The maximum atomic E-state index is 9.50. The molecule has 0 saturated carbocycles. The van der Waals surface area contributed by atoms with Crippen LogP contribution in [0.2, 0.25) is 0 Å². The van der Waals surface area contributed by atoms with E-state index >= 15 is 0 Å². The minimum absolute atomic E-state index is 0.0989. The Hall–Kier alpha value is -0.540. The van der Waals surface area contributed by atoms with E-state index in [0.717, 1.165) is 28.7 Å². The molecule has 0 aliphatic heterocycles. The molecule has 1 aromatic carbocycles. The molecule has 3 heteroatoms. The molecule has 0 aliphatic carbocycles. The summed E-state index contributed by atoms with van der Waals surface area (Å²) in [6, 6.07) is 6.61. The third-order valence-electron chi connectivity index (χ3n) is 3.40. The van der Waals surface area contributed by atoms with Crippen molar-refractivity contribution in [2.24, 2.45) is 0 Å². The Kier molecular flexibility index (Phi) is 6.72. The quantitative estimate of drug-likeness (QED) is 0.809. The summed E-state index contributed by atoms with van der Waals surface area (Å²) in [5.41, 5.74) is 2.17. The molecule has 0 bridgehead atoms. The SMILES string of the molecule is CCCCN(c1cc(Br)ccc1CO)C(C)CC. The van der Waals surface area contributed by atoms with E-state index in [1.54, 1.807) is 0 Å². The molecule has 0 heterocycles. The highest BCUT2D eigenvalue weighted by molar-refractivity contribution is 9.10. The molecule has 0 fully saturated rings. The maximum absolute atomic E-state index is 9.50. The van der Waals surface area contributed by atoms with Crippen molar-refractivity contribution in [3.05, 3.63) is 28.2 Å². The fraction of sp³-hybridized carbons (Fsp3) is 0.600. The minimum Gasteiger partial charge on any atom is -0.392 e. The first-order valence-corrected chi connectivity index (χ1v) is 7.59. The van der Waals surface area contributed by atoms with Crippen LogP contribution in [0, 0.1) is 0 Å². The molecular weight excluding hydrogens is 290 g/mol. The Morgan fingerprint density at radius 2 is 2.06 bits per heavy atom. The summed E-state index contributed by atoms with van der Waals surface area (Å²) in [6.07, 6.45) is 3.48. The lowest BCUT2D eigenvalue weighted by Crippen LogP contribution is -2.34. The van der Waals surface area contributed by atoms with E-state index in [0.29, 0.717) is 6.04 Å². The molecule has 1 rings (SSSR count). The largest absolute Gasteiger partial charge is 0.392 e. The van der Waals surface area contributed by atoms with Gasteiger partial charge in [-0.15, -0.1) is 0 Å². The first-order valence-electron chi connectivity index (χ1n) is 6.79. The number of aliphatic hydroxyl groups is 1. The summed E-state index contributed by atoms with van der Waals surface area (Å²) in [7, 11) is 0. The van der Waals surface area contributed by atoms with Crippen molar-refractivity contribution in [3.63, 3.8) is 0 Å². The lowest BCUT2D eigenvalue weighted by Gasteiger charge is -2.32. The molecule has 2 nitrogen and oxygen atoms in total. The van der Waals surface area contributed by atoms with E-state index in [2.05, 4.69) is 47.7 Å². The van der Waals surface area contributed by atoms with Gasteiger partial charge in [-0.1, -0.05) is 42.3 Å². The van der Waals surface area contributed by atoms with Crippen molar-refractivity contribution in [2.75, 3.05) is 11.4 Å². The molecule has 1 aromatic rings. The lowest BCUT2D eigenvalue weighted by atomic mass is 10.1. The molecule has 0 radical (unpaired) electrons. The number of nitrogens with zero attached hydrogens (tertiary/aromatic N) is 1. The van der Waals surface area contributed by atoms with E-state index in [1.807, 2.05) is 12.1 Å². The number of rotatable bonds is 7. The molecule has 0 amide bonds. The van der Waals surface area contributed by atoms with Gasteiger partial charge in [0.15, 0.2) is 0 Å². The second-order valence-corrected chi connectivity index (χ2v) is 5.65. The highest BCUT2D eigenvalue weighted by Crippen LogP contribution is 2.28. The second kappa shape index (κ2) is 7.80. The fourth-order valence-electron chi connectivity index (χ4n) is 2.07. The van der Waals surface area contributed by atoms with Crippen molar-refractivity contribution in [1.82, 2.24) is 0 Å². The monoisotopic (exact) mass is 313 g/mol. The Morgan fingerprint density at radius 3 is 2.61 bits per heavy atom. The zero-order chi connectivity index (χ0) is 13.5. The van der Waals surface area contributed by atoms with Crippen LogP contribution in [0.25, 0.3) is 0 Å². The van der Waals surface area contributed by atoms with Crippen LogP contribution in [0.1, 0.15) is 45.6 Å². The Morgan fingerprint density at radius 1 is 1.33 bits per heavy atom. The molecule has 0 aromatic heterocycles. The standard InChI is InChI=1S/C15H24BrNO/c1-4-6-9-17(12(3)5-2)15-10-14(16)8-7-13(15)11-18/h7-8,10,12,18H,4-6,9,11H2,1-3H3. The molecular formula is C15H24BrNO. The molecule has 0 spiro atoms. The van der Waals surface area contributed by atoms with Gasteiger partial charge in [0.1, 0.15) is 0 Å². The molecule has 0 saturated heterocycles. The molecule has 102 valence electrons. The normalized spacial score (nSPS) is 12.5. The van der Waals surface area contributed by atoms with Gasteiger partial charge in [-0.25, -0.2) is 0 Å². The number of unbranched alkanes of at least 4 members (excludes halogenated alkanes) is 1. The summed E-state index contributed by atoms with van der Waals surface area (Å²) in [4.78, 5) is 2.42. The average molecular weight is 314 g/mol. The predicted molar refractivity (Wildman–Crippen MR) is 82.1 cm³/mol. The zero-order valence-electron chi connectivity index (χ0n) is 11.6. The first-order chi connectivity index (χ1) is 8.63. The Labute approximate surface area is 119 Å². The van der Waals surface area contributed by atoms with Gasteiger partial charge in [-0.05, 0) is 31.9 Å². The van der Waals surface area contributed by atoms with Crippen molar-refractivity contribution in [2.45, 2.75) is 52.7 Å². The number of benzene rings is 1. The summed E-state index contributed by atoms with van der Waals surface area (Å²) in [6.45, 7) is 7.82. The van der Waals surface area contributed by atoms with Gasteiger partial charge in [0.25, 0.3) is 0 Å². The van der Waals surface area contributed by atoms with Crippen LogP contribution >= 0.6 is 15.9 Å². The molecule has 18 heavy (non-hydrogen) atoms. The van der Waals surface area contributed by atoms with E-state index in [1.165, 1.54) is 12.8 Å². The van der Waals surface area contributed by atoms with Gasteiger partial charge < -0.3 is 10.0 Å². The topological polar surface area (TPSA) is 23.5 Å². The van der Waals surface area contributed by atoms with Crippen LogP contribution in [0.4, 0.5) is 5.69 Å². The van der Waals surface area contributed by atoms with Crippen LogP contribution in [0.5, 0.6) is 0 Å². The summed E-state index contributed by atoms with van der Waals surface area (Å²) >= 11 is 3.52. The maximum Gasteiger partial charge on any atom is 0.0702 e. The van der Waals surface area contributed by atoms with Gasteiger partial charge in [0, 0.05) is 28.3 Å². The van der Waals surface area contributed by atoms with Crippen molar-refractivity contribution >= 4 is 21.6 Å². The summed E-state index contributed by atoms with van der Waals surface area (Å²) < 4.78 is 1.07. The summed E-state index contributed by atoms with van der Waals surface area (Å²) in [5.74, 6) is 0. The fourth-order valence-corrected chi connectivity index (χ4v) is 2.41. The summed E-state index contributed by atoms with van der Waals surface area (Å²) in [5, 5.41) is 9.50. The smallest absolute Gasteiger partial charge is 0.0702 e. The van der Waals surface area contributed by atoms with Crippen molar-refractivity contribution < 1.29 is 5.11 Å². The van der Waals surface area contributed by atoms with Gasteiger partial charge in [-0.2, -0.15) is 0 Å². The van der Waals surface area contributed by atoms with Gasteiger partial charge in [0.05, 0.1) is 6.61 Å². The molecule has 0 aliphatic rings. The Balaban J connectivity index is 3.05. The van der Waals surface area contributed by atoms with Crippen LogP contribution in [0.15, 0.2) is 22.7 Å². The van der Waals surface area contributed by atoms with Gasteiger partial charge >= 0.3 is 0 Å². The number of hydrogen-bond donors (Lipinski definition) is 1. The van der Waals surface area contributed by atoms with Crippen LogP contribution < -0.4 is 4.90 Å². The third-order valence-corrected chi connectivity index (χ3v) is 3.90. The van der Waals surface area contributed by atoms with E-state index in [-0.39, 0.29) is 6.61 Å². The number of anilines is 1. The first kappa shape index (κ1) is 15.5. The number of hydrogen-bond acceptors (Lipinski definition) is 2. The van der Waals surface area contributed by atoms with Gasteiger partial charge in [-0.3, -0.25) is 0 Å². The molecule has 1 unspecified atom stereocenters.